The lowest BCUT2D eigenvalue weighted by atomic mass is 10.1. The van der Waals surface area contributed by atoms with Gasteiger partial charge in [-0.3, -0.25) is 19.3 Å². The van der Waals surface area contributed by atoms with Gasteiger partial charge in [0, 0.05) is 5.69 Å². The topological polar surface area (TPSA) is 105 Å². The number of nitrogens with one attached hydrogen (secondary N) is 2. The van der Waals surface area contributed by atoms with Crippen LogP contribution in [0.1, 0.15) is 26.3 Å². The number of aryl methyl sites for hydroxylation is 1. The van der Waals surface area contributed by atoms with E-state index in [9.17, 15) is 23.6 Å². The molecule has 26 heavy (non-hydrogen) atoms. The van der Waals surface area contributed by atoms with Gasteiger partial charge < -0.3 is 15.4 Å². The van der Waals surface area contributed by atoms with Crippen LogP contribution in [0.25, 0.3) is 0 Å². The summed E-state index contributed by atoms with van der Waals surface area (Å²) in [5, 5.41) is 4.86. The van der Waals surface area contributed by atoms with Gasteiger partial charge in [0.1, 0.15) is 17.9 Å². The van der Waals surface area contributed by atoms with E-state index < -0.39 is 47.8 Å². The first-order valence-corrected chi connectivity index (χ1v) is 7.92. The summed E-state index contributed by atoms with van der Waals surface area (Å²) in [6, 6.07) is 3.46. The number of hydrogen-bond donors (Lipinski definition) is 2. The van der Waals surface area contributed by atoms with Gasteiger partial charge in [-0.1, -0.05) is 6.07 Å². The molecule has 2 rings (SSSR count). The molecule has 0 aromatic heterocycles. The smallest absolute Gasteiger partial charge is 0.327 e. The van der Waals surface area contributed by atoms with Gasteiger partial charge in [-0.15, -0.1) is 0 Å². The number of halogens is 1. The first kappa shape index (κ1) is 19.4. The number of anilines is 1. The zero-order chi connectivity index (χ0) is 19.6. The van der Waals surface area contributed by atoms with E-state index in [2.05, 4.69) is 10.6 Å². The second-order valence-corrected chi connectivity index (χ2v) is 6.53. The molecule has 1 aromatic rings. The number of rotatable bonds is 5. The first-order chi connectivity index (χ1) is 12.0. The van der Waals surface area contributed by atoms with Crippen molar-refractivity contribution >= 4 is 29.5 Å². The molecule has 1 fully saturated rings. The van der Waals surface area contributed by atoms with E-state index in [-0.39, 0.29) is 5.69 Å². The molecule has 0 aliphatic carbocycles. The molecule has 1 heterocycles. The number of hydrogen-bond acceptors (Lipinski definition) is 5. The monoisotopic (exact) mass is 365 g/mol. The van der Waals surface area contributed by atoms with Crippen LogP contribution in [0.15, 0.2) is 18.2 Å². The maximum Gasteiger partial charge on any atom is 0.327 e. The van der Waals surface area contributed by atoms with E-state index in [1.165, 1.54) is 32.9 Å². The van der Waals surface area contributed by atoms with E-state index in [4.69, 9.17) is 4.74 Å². The van der Waals surface area contributed by atoms with Gasteiger partial charge >= 0.3 is 12.0 Å². The third-order valence-electron chi connectivity index (χ3n) is 3.85. The standard InChI is InChI=1S/C17H20FN3O5/c1-9-5-6-11(7-12(9)18)19-14(23)10(2)26-13(22)8-21-15(24)17(3,4)20-16(21)25/h5-7,10H,8H2,1-4H3,(H,19,23)(H,20,25). The second-order valence-electron chi connectivity index (χ2n) is 6.53. The largest absolute Gasteiger partial charge is 0.451 e. The summed E-state index contributed by atoms with van der Waals surface area (Å²) in [5.74, 6) is -2.62. The van der Waals surface area contributed by atoms with Crippen LogP contribution in [-0.4, -0.2) is 46.9 Å². The quantitative estimate of drug-likeness (QED) is 0.605. The molecule has 8 nitrogen and oxygen atoms in total. The van der Waals surface area contributed by atoms with Crippen LogP contribution in [0, 0.1) is 12.7 Å². The zero-order valence-electron chi connectivity index (χ0n) is 14.9. The highest BCUT2D eigenvalue weighted by Gasteiger charge is 2.45. The van der Waals surface area contributed by atoms with Crippen LogP contribution in [0.5, 0.6) is 0 Å². The number of esters is 1. The predicted molar refractivity (Wildman–Crippen MR) is 89.6 cm³/mol. The molecular formula is C17H20FN3O5. The van der Waals surface area contributed by atoms with E-state index in [0.29, 0.717) is 5.56 Å². The Morgan fingerprint density at radius 1 is 1.35 bits per heavy atom. The van der Waals surface area contributed by atoms with E-state index in [0.717, 1.165) is 11.0 Å². The van der Waals surface area contributed by atoms with E-state index >= 15 is 0 Å². The number of carbonyl (C=O) groups is 4. The van der Waals surface area contributed by atoms with Crippen molar-refractivity contribution in [3.05, 3.63) is 29.6 Å². The van der Waals surface area contributed by atoms with Gasteiger partial charge in [0.25, 0.3) is 11.8 Å². The molecule has 1 aliphatic rings. The summed E-state index contributed by atoms with van der Waals surface area (Å²) in [4.78, 5) is 48.4. The molecule has 1 unspecified atom stereocenters. The first-order valence-electron chi connectivity index (χ1n) is 7.92. The van der Waals surface area contributed by atoms with Crippen molar-refractivity contribution in [1.29, 1.82) is 0 Å². The highest BCUT2D eigenvalue weighted by molar-refractivity contribution is 6.08. The van der Waals surface area contributed by atoms with Gasteiger partial charge in [0.15, 0.2) is 6.10 Å². The maximum absolute atomic E-state index is 13.5. The molecule has 1 aliphatic heterocycles. The number of carbonyl (C=O) groups excluding carboxylic acids is 4. The average Bonchev–Trinajstić information content (AvgIpc) is 2.72. The van der Waals surface area contributed by atoms with Gasteiger partial charge in [-0.05, 0) is 45.4 Å². The van der Waals surface area contributed by atoms with Crippen molar-refractivity contribution < 1.29 is 28.3 Å². The Morgan fingerprint density at radius 2 is 2.00 bits per heavy atom. The Kier molecular flexibility index (Phi) is 5.29. The predicted octanol–water partition coefficient (Wildman–Crippen LogP) is 1.33. The van der Waals surface area contributed by atoms with Crippen LogP contribution in [0.3, 0.4) is 0 Å². The third kappa shape index (κ3) is 4.16. The third-order valence-corrected chi connectivity index (χ3v) is 3.85. The Labute approximate surface area is 149 Å². The van der Waals surface area contributed by atoms with Gasteiger partial charge in [0.2, 0.25) is 0 Å². The maximum atomic E-state index is 13.5. The summed E-state index contributed by atoms with van der Waals surface area (Å²) < 4.78 is 18.4. The fraction of sp³-hybridized carbons (Fsp3) is 0.412. The molecule has 140 valence electrons. The lowest BCUT2D eigenvalue weighted by molar-refractivity contribution is -0.155. The number of amides is 4. The summed E-state index contributed by atoms with van der Waals surface area (Å²) >= 11 is 0. The molecule has 2 N–H and O–H groups in total. The molecule has 9 heteroatoms. The number of benzene rings is 1. The summed E-state index contributed by atoms with van der Waals surface area (Å²) in [7, 11) is 0. The van der Waals surface area contributed by atoms with Crippen LogP contribution < -0.4 is 10.6 Å². The molecular weight excluding hydrogens is 345 g/mol. The van der Waals surface area contributed by atoms with Crippen molar-refractivity contribution in [2.75, 3.05) is 11.9 Å². The Balaban J connectivity index is 1.92. The molecule has 4 amide bonds. The molecule has 1 saturated heterocycles. The highest BCUT2D eigenvalue weighted by Crippen LogP contribution is 2.17. The minimum atomic E-state index is -1.19. The minimum absolute atomic E-state index is 0.219. The SMILES string of the molecule is Cc1ccc(NC(=O)C(C)OC(=O)CN2C(=O)NC(C)(C)C2=O)cc1F. The summed E-state index contributed by atoms with van der Waals surface area (Å²) in [5.41, 5.74) is -0.452. The fourth-order valence-corrected chi connectivity index (χ4v) is 2.29. The fourth-order valence-electron chi connectivity index (χ4n) is 2.29. The summed E-state index contributed by atoms with van der Waals surface area (Å²) in [6.07, 6.45) is -1.19. The second kappa shape index (κ2) is 7.11. The van der Waals surface area contributed by atoms with Crippen LogP contribution in [-0.2, 0) is 19.1 Å². The molecule has 1 aromatic carbocycles. The highest BCUT2D eigenvalue weighted by atomic mass is 19.1. The van der Waals surface area contributed by atoms with Gasteiger partial charge in [0.05, 0.1) is 0 Å². The summed E-state index contributed by atoms with van der Waals surface area (Å²) in [6.45, 7) is 5.32. The zero-order valence-corrected chi connectivity index (χ0v) is 14.9. The number of urea groups is 1. The molecule has 1 atom stereocenters. The molecule has 0 spiro atoms. The van der Waals surface area contributed by atoms with Crippen molar-refractivity contribution in [2.45, 2.75) is 39.3 Å². The van der Waals surface area contributed by atoms with Gasteiger partial charge in [-0.25, -0.2) is 9.18 Å². The van der Waals surface area contributed by atoms with Crippen molar-refractivity contribution in [2.24, 2.45) is 0 Å². The van der Waals surface area contributed by atoms with Crippen molar-refractivity contribution in [3.63, 3.8) is 0 Å². The van der Waals surface area contributed by atoms with Crippen molar-refractivity contribution in [1.82, 2.24) is 10.2 Å². The van der Waals surface area contributed by atoms with E-state index in [1.54, 1.807) is 6.92 Å². The average molecular weight is 365 g/mol. The van der Waals surface area contributed by atoms with E-state index in [1.807, 2.05) is 0 Å². The van der Waals surface area contributed by atoms with Gasteiger partial charge in [-0.2, -0.15) is 0 Å². The molecule has 0 bridgehead atoms. The van der Waals surface area contributed by atoms with Crippen molar-refractivity contribution in [3.8, 4) is 0 Å². The Morgan fingerprint density at radius 3 is 2.54 bits per heavy atom. The van der Waals surface area contributed by atoms with Crippen LogP contribution in [0.2, 0.25) is 0 Å². The number of imide groups is 1. The lowest BCUT2D eigenvalue weighted by Gasteiger charge is -2.17. The minimum Gasteiger partial charge on any atom is -0.451 e. The molecule has 0 radical (unpaired) electrons. The normalized spacial score (nSPS) is 16.9. The number of ether oxygens (including phenoxy) is 1. The Bertz CT molecular complexity index is 778. The number of nitrogens with zero attached hydrogens (tertiary/aromatic N) is 1. The van der Waals surface area contributed by atoms with Crippen LogP contribution in [0.4, 0.5) is 14.9 Å². The Hall–Kier alpha value is -2.97. The molecule has 0 saturated carbocycles. The van der Waals surface area contributed by atoms with Crippen LogP contribution >= 0.6 is 0 Å². The lowest BCUT2D eigenvalue weighted by Crippen LogP contribution is -2.42.